The summed E-state index contributed by atoms with van der Waals surface area (Å²) in [5.74, 6) is 1.28. The Balaban J connectivity index is 1.54. The number of para-hydroxylation sites is 2. The number of azo groups is 1. The van der Waals surface area contributed by atoms with E-state index in [2.05, 4.69) is 30.7 Å². The summed E-state index contributed by atoms with van der Waals surface area (Å²) in [7, 11) is 1.61. The molecule has 0 aliphatic heterocycles. The van der Waals surface area contributed by atoms with Crippen LogP contribution in [0, 0.1) is 0 Å². The third-order valence-corrected chi connectivity index (χ3v) is 5.51. The molecule has 0 saturated heterocycles. The first kappa shape index (κ1) is 23.6. The molecule has 1 N–H and O–H groups in total. The number of hydrogen-bond acceptors (Lipinski definition) is 6. The van der Waals surface area contributed by atoms with Gasteiger partial charge in [-0.25, -0.2) is 9.97 Å². The summed E-state index contributed by atoms with van der Waals surface area (Å²) in [5.41, 5.74) is 7.99. The SMILES string of the molecule is COc1ccccc1N/N=C(\N=Nc1nc(-c2ccccc2)cc(-c2ccccc2)n1)c1ccccc1. The molecule has 0 amide bonds. The second-order valence-corrected chi connectivity index (χ2v) is 7.98. The molecule has 7 heteroatoms. The molecule has 0 atom stereocenters. The highest BCUT2D eigenvalue weighted by Crippen LogP contribution is 2.26. The predicted molar refractivity (Wildman–Crippen MR) is 147 cm³/mol. The molecular formula is C30H24N6O. The lowest BCUT2D eigenvalue weighted by atomic mass is 10.1. The Kier molecular flexibility index (Phi) is 7.33. The van der Waals surface area contributed by atoms with Gasteiger partial charge in [-0.1, -0.05) is 103 Å². The van der Waals surface area contributed by atoms with Gasteiger partial charge in [0.05, 0.1) is 24.2 Å². The Morgan fingerprint density at radius 3 is 1.81 bits per heavy atom. The summed E-state index contributed by atoms with van der Waals surface area (Å²) in [4.78, 5) is 9.35. The number of anilines is 1. The van der Waals surface area contributed by atoms with Gasteiger partial charge in [0.2, 0.25) is 5.84 Å². The fraction of sp³-hybridized carbons (Fsp3) is 0.0333. The molecule has 37 heavy (non-hydrogen) atoms. The molecule has 4 aromatic carbocycles. The van der Waals surface area contributed by atoms with Gasteiger partial charge in [-0.05, 0) is 18.2 Å². The monoisotopic (exact) mass is 484 g/mol. The zero-order valence-electron chi connectivity index (χ0n) is 20.2. The van der Waals surface area contributed by atoms with E-state index >= 15 is 0 Å². The number of rotatable bonds is 7. The van der Waals surface area contributed by atoms with Crippen LogP contribution in [0.5, 0.6) is 5.75 Å². The van der Waals surface area contributed by atoms with E-state index in [1.807, 2.05) is 121 Å². The topological polar surface area (TPSA) is 84.1 Å². The van der Waals surface area contributed by atoms with Gasteiger partial charge in [-0.3, -0.25) is 5.43 Å². The van der Waals surface area contributed by atoms with Gasteiger partial charge < -0.3 is 4.74 Å². The van der Waals surface area contributed by atoms with Crippen LogP contribution in [0.25, 0.3) is 22.5 Å². The van der Waals surface area contributed by atoms with Crippen LogP contribution in [0.4, 0.5) is 11.6 Å². The molecule has 1 aromatic heterocycles. The van der Waals surface area contributed by atoms with E-state index in [-0.39, 0.29) is 5.95 Å². The zero-order chi connectivity index (χ0) is 25.3. The van der Waals surface area contributed by atoms with Crippen molar-refractivity contribution in [3.63, 3.8) is 0 Å². The fourth-order valence-corrected chi connectivity index (χ4v) is 3.67. The Morgan fingerprint density at radius 2 is 1.22 bits per heavy atom. The Bertz CT molecular complexity index is 1460. The Morgan fingerprint density at radius 1 is 0.676 bits per heavy atom. The number of nitrogens with zero attached hydrogens (tertiary/aromatic N) is 5. The summed E-state index contributed by atoms with van der Waals surface area (Å²) in [5, 5.41) is 13.4. The standard InChI is InChI=1S/C30H24N6O/c1-37-28-20-12-11-19-25(28)33-34-29(24-17-9-4-10-18-24)35-36-30-31-26(22-13-5-2-6-14-22)21-27(32-30)23-15-7-3-8-16-23/h2-21,33H,1H3/b34-29-,36-35?. The smallest absolute Gasteiger partial charge is 0.270 e. The van der Waals surface area contributed by atoms with Crippen LogP contribution in [-0.2, 0) is 0 Å². The summed E-state index contributed by atoms with van der Waals surface area (Å²) in [6.07, 6.45) is 0. The van der Waals surface area contributed by atoms with Gasteiger partial charge in [-0.2, -0.15) is 5.10 Å². The van der Waals surface area contributed by atoms with Crippen molar-refractivity contribution in [3.8, 4) is 28.3 Å². The van der Waals surface area contributed by atoms with Gasteiger partial charge in [0.1, 0.15) is 5.75 Å². The van der Waals surface area contributed by atoms with Crippen molar-refractivity contribution in [2.45, 2.75) is 0 Å². The highest BCUT2D eigenvalue weighted by Gasteiger charge is 2.10. The van der Waals surface area contributed by atoms with Crippen molar-refractivity contribution in [3.05, 3.63) is 127 Å². The average Bonchev–Trinajstić information content (AvgIpc) is 2.98. The maximum absolute atomic E-state index is 5.42. The summed E-state index contributed by atoms with van der Waals surface area (Å²) >= 11 is 0. The molecule has 0 unspecified atom stereocenters. The number of hydrazone groups is 1. The van der Waals surface area contributed by atoms with E-state index in [1.165, 1.54) is 0 Å². The lowest BCUT2D eigenvalue weighted by Gasteiger charge is -2.08. The molecule has 0 saturated carbocycles. The molecule has 7 nitrogen and oxygen atoms in total. The number of benzene rings is 4. The van der Waals surface area contributed by atoms with Crippen LogP contribution in [0.2, 0.25) is 0 Å². The van der Waals surface area contributed by atoms with Crippen LogP contribution in [0.3, 0.4) is 0 Å². The van der Waals surface area contributed by atoms with E-state index in [9.17, 15) is 0 Å². The highest BCUT2D eigenvalue weighted by molar-refractivity contribution is 5.99. The maximum Gasteiger partial charge on any atom is 0.270 e. The van der Waals surface area contributed by atoms with Gasteiger partial charge in [0.15, 0.2) is 0 Å². The van der Waals surface area contributed by atoms with Crippen molar-refractivity contribution in [2.24, 2.45) is 15.3 Å². The highest BCUT2D eigenvalue weighted by atomic mass is 16.5. The molecule has 0 spiro atoms. The number of amidine groups is 1. The first-order chi connectivity index (χ1) is 18.3. The lowest BCUT2D eigenvalue weighted by Crippen LogP contribution is -2.02. The molecule has 5 rings (SSSR count). The fourth-order valence-electron chi connectivity index (χ4n) is 3.67. The van der Waals surface area contributed by atoms with Crippen LogP contribution in [0.1, 0.15) is 5.56 Å². The normalized spacial score (nSPS) is 11.4. The minimum Gasteiger partial charge on any atom is -0.495 e. The zero-order valence-corrected chi connectivity index (χ0v) is 20.2. The van der Waals surface area contributed by atoms with Crippen molar-refractivity contribution < 1.29 is 4.74 Å². The van der Waals surface area contributed by atoms with Gasteiger partial charge in [0, 0.05) is 16.7 Å². The first-order valence-corrected chi connectivity index (χ1v) is 11.7. The average molecular weight is 485 g/mol. The molecule has 0 bridgehead atoms. The van der Waals surface area contributed by atoms with Crippen LogP contribution in [-0.4, -0.2) is 22.9 Å². The largest absolute Gasteiger partial charge is 0.495 e. The molecule has 0 radical (unpaired) electrons. The molecule has 180 valence electrons. The van der Waals surface area contributed by atoms with Crippen molar-refractivity contribution >= 4 is 17.5 Å². The Hall–Kier alpha value is -5.17. The Labute approximate surface area is 215 Å². The van der Waals surface area contributed by atoms with E-state index < -0.39 is 0 Å². The molecule has 1 heterocycles. The second-order valence-electron chi connectivity index (χ2n) is 7.98. The first-order valence-electron chi connectivity index (χ1n) is 11.7. The third kappa shape index (κ3) is 5.91. The third-order valence-electron chi connectivity index (χ3n) is 5.51. The quantitative estimate of drug-likeness (QED) is 0.113. The van der Waals surface area contributed by atoms with E-state index in [0.717, 1.165) is 28.1 Å². The number of nitrogens with one attached hydrogen (secondary N) is 1. The molecule has 0 fully saturated rings. The lowest BCUT2D eigenvalue weighted by molar-refractivity contribution is 0.416. The van der Waals surface area contributed by atoms with E-state index in [4.69, 9.17) is 4.74 Å². The van der Waals surface area contributed by atoms with Crippen LogP contribution >= 0.6 is 0 Å². The van der Waals surface area contributed by atoms with E-state index in [1.54, 1.807) is 7.11 Å². The van der Waals surface area contributed by atoms with Crippen molar-refractivity contribution in [2.75, 3.05) is 12.5 Å². The molecular weight excluding hydrogens is 460 g/mol. The van der Waals surface area contributed by atoms with Gasteiger partial charge >= 0.3 is 0 Å². The molecule has 5 aromatic rings. The van der Waals surface area contributed by atoms with Crippen LogP contribution < -0.4 is 10.2 Å². The second kappa shape index (κ2) is 11.5. The number of methoxy groups -OCH3 is 1. The summed E-state index contributed by atoms with van der Waals surface area (Å²) < 4.78 is 5.42. The molecule has 0 aliphatic rings. The summed E-state index contributed by atoms with van der Waals surface area (Å²) in [6, 6.07) is 39.0. The van der Waals surface area contributed by atoms with E-state index in [0.29, 0.717) is 17.3 Å². The minimum absolute atomic E-state index is 0.237. The van der Waals surface area contributed by atoms with Gasteiger partial charge in [-0.15, -0.1) is 10.2 Å². The van der Waals surface area contributed by atoms with Crippen molar-refractivity contribution in [1.29, 1.82) is 0 Å². The molecule has 0 aliphatic carbocycles. The van der Waals surface area contributed by atoms with Crippen LogP contribution in [0.15, 0.2) is 137 Å². The predicted octanol–water partition coefficient (Wildman–Crippen LogP) is 7.38. The number of aromatic nitrogens is 2. The number of hydrogen-bond donors (Lipinski definition) is 1. The number of ether oxygens (including phenoxy) is 1. The maximum atomic E-state index is 5.42. The van der Waals surface area contributed by atoms with Gasteiger partial charge in [0.25, 0.3) is 5.95 Å². The van der Waals surface area contributed by atoms with Crippen molar-refractivity contribution in [1.82, 2.24) is 9.97 Å². The minimum atomic E-state index is 0.237. The summed E-state index contributed by atoms with van der Waals surface area (Å²) in [6.45, 7) is 0.